The molecule has 1 fully saturated rings. The quantitative estimate of drug-likeness (QED) is 0.245. The molecule has 4 rings (SSSR count). The number of benzene rings is 1. The van der Waals surface area contributed by atoms with Crippen LogP contribution in [0.25, 0.3) is 0 Å². The molecule has 39 heavy (non-hydrogen) atoms. The second-order valence-corrected chi connectivity index (χ2v) is 13.2. The minimum absolute atomic E-state index is 0. The SMILES string of the molecule is CCO[C]C1=C([Si](C)(C)C)N2C(=O)C[C@H](c3ccccc3)N2[C@@H]1c1ccco1.[C-]#[O+].[C-]#[O+].[C-]#[O+].[C-]#[O+].[C-]#[O+].[W]. The molecule has 2 aliphatic heterocycles. The van der Waals surface area contributed by atoms with Crippen LogP contribution in [0.15, 0.2) is 64.0 Å². The van der Waals surface area contributed by atoms with Crippen molar-refractivity contribution in [1.29, 1.82) is 0 Å². The molecule has 10 nitrogen and oxygen atoms in total. The Morgan fingerprint density at radius 1 is 0.949 bits per heavy atom. The molecule has 202 valence electrons. The van der Waals surface area contributed by atoms with E-state index < -0.39 is 8.07 Å². The molecule has 0 aliphatic carbocycles. The van der Waals surface area contributed by atoms with Gasteiger partial charge in [0.05, 0.1) is 18.7 Å². The van der Waals surface area contributed by atoms with Crippen molar-refractivity contribution >= 4 is 14.0 Å². The number of furan rings is 1. The van der Waals surface area contributed by atoms with Crippen molar-refractivity contribution in [3.8, 4) is 0 Å². The molecule has 3 heterocycles. The summed E-state index contributed by atoms with van der Waals surface area (Å²) in [4.78, 5) is 13.2. The Morgan fingerprint density at radius 3 is 1.92 bits per heavy atom. The molecule has 12 heteroatoms. The third-order valence-corrected chi connectivity index (χ3v) is 7.10. The minimum Gasteiger partial charge on any atom is 0 e. The van der Waals surface area contributed by atoms with Crippen molar-refractivity contribution in [2.45, 2.75) is 45.1 Å². The second kappa shape index (κ2) is 22.1. The number of amides is 1. The number of hydrogen-bond acceptors (Lipinski definition) is 4. The second-order valence-electron chi connectivity index (χ2n) is 8.18. The van der Waals surface area contributed by atoms with E-state index in [9.17, 15) is 4.79 Å². The molecule has 2 radical (unpaired) electrons. The van der Waals surface area contributed by atoms with Gasteiger partial charge in [0.2, 0.25) is 5.91 Å². The summed E-state index contributed by atoms with van der Waals surface area (Å²) in [6, 6.07) is 13.8. The van der Waals surface area contributed by atoms with E-state index in [4.69, 9.17) is 32.4 Å². The average Bonchev–Trinajstić information content (AvgIpc) is 3.70. The smallest absolute Gasteiger partial charge is 0 e. The topological polar surface area (TPSA) is 145 Å². The largest absolute Gasteiger partial charge is 0 e. The first kappa shape index (κ1) is 40.7. The van der Waals surface area contributed by atoms with Crippen LogP contribution in [0, 0.1) is 39.9 Å². The standard InChI is InChI=1S/C22H26N2O3Si.5CO.W/c1-5-26-15-17-21(19-12-9-13-27-19)23-18(16-10-7-6-8-11-16)14-20(25)24(23)22(17)28(2,3)4;5*1-2;/h6-13,18,21H,5,14H2,1-4H3;;;;;;/t18-,21+;;;;;;/m1....../s1. The van der Waals surface area contributed by atoms with Crippen LogP contribution in [0.3, 0.4) is 0 Å². The van der Waals surface area contributed by atoms with Gasteiger partial charge in [-0.15, -0.1) is 0 Å². The zero-order chi connectivity index (χ0) is 29.9. The van der Waals surface area contributed by atoms with E-state index >= 15 is 0 Å². The molecule has 2 atom stereocenters. The van der Waals surface area contributed by atoms with Gasteiger partial charge in [0.15, 0.2) is 6.61 Å². The van der Waals surface area contributed by atoms with E-state index in [-0.39, 0.29) is 39.1 Å². The fraction of sp³-hybridized carbons (Fsp3) is 0.296. The first-order valence-corrected chi connectivity index (χ1v) is 14.3. The Labute approximate surface area is 244 Å². The summed E-state index contributed by atoms with van der Waals surface area (Å²) in [6.45, 7) is 34.9. The number of hydrogen-bond donors (Lipinski definition) is 0. The van der Waals surface area contributed by atoms with Crippen LogP contribution < -0.4 is 0 Å². The van der Waals surface area contributed by atoms with Crippen molar-refractivity contribution < 1.29 is 58.3 Å². The molecular formula is C27H26N2O8SiW. The summed E-state index contributed by atoms with van der Waals surface area (Å²) < 4.78 is 48.9. The van der Waals surface area contributed by atoms with Crippen molar-refractivity contribution in [1.82, 2.24) is 10.0 Å². The molecule has 0 spiro atoms. The fourth-order valence-electron chi connectivity index (χ4n) is 4.17. The van der Waals surface area contributed by atoms with Gasteiger partial charge in [-0.2, -0.15) is 5.01 Å². The monoisotopic (exact) mass is 718 g/mol. The van der Waals surface area contributed by atoms with Gasteiger partial charge in [0, 0.05) is 38.6 Å². The molecule has 0 bridgehead atoms. The third kappa shape index (κ3) is 10.0. The Balaban J connectivity index is -0.00000106. The van der Waals surface area contributed by atoms with E-state index in [1.165, 1.54) is 0 Å². The van der Waals surface area contributed by atoms with Crippen LogP contribution in [-0.4, -0.2) is 30.6 Å². The maximum absolute atomic E-state index is 13.2. The van der Waals surface area contributed by atoms with Crippen LogP contribution in [0.4, 0.5) is 0 Å². The Kier molecular flexibility index (Phi) is 23.1. The molecular weight excluding hydrogens is 692 g/mol. The number of carbonyl (C=O) groups is 1. The van der Waals surface area contributed by atoms with E-state index in [1.807, 2.05) is 42.3 Å². The van der Waals surface area contributed by atoms with E-state index in [2.05, 4.69) is 76.6 Å². The summed E-state index contributed by atoms with van der Waals surface area (Å²) in [7, 11) is -1.89. The van der Waals surface area contributed by atoms with Crippen LogP contribution in [-0.2, 0) is 53.9 Å². The van der Waals surface area contributed by atoms with Crippen molar-refractivity contribution in [2.75, 3.05) is 6.61 Å². The zero-order valence-electron chi connectivity index (χ0n) is 21.8. The number of ether oxygens (including phenoxy) is 1. The van der Waals surface area contributed by atoms with Gasteiger partial charge < -0.3 is 9.15 Å². The number of rotatable bonds is 6. The van der Waals surface area contributed by atoms with Gasteiger partial charge in [-0.25, -0.2) is 5.01 Å². The number of carbonyl (C=O) groups excluding carboxylic acids is 1. The van der Waals surface area contributed by atoms with Gasteiger partial charge in [-0.1, -0.05) is 50.0 Å². The molecule has 2 aliphatic rings. The molecule has 1 aromatic carbocycles. The first-order valence-electron chi connectivity index (χ1n) is 10.8. The van der Waals surface area contributed by atoms with Crippen molar-refractivity contribution in [3.63, 3.8) is 0 Å². The predicted octanol–water partition coefficient (Wildman–Crippen LogP) is 4.54. The maximum Gasteiger partial charge on any atom is 0 e. The summed E-state index contributed by atoms with van der Waals surface area (Å²) in [5, 5.41) is 5.13. The number of nitrogens with zero attached hydrogens (tertiary/aromatic N) is 2. The van der Waals surface area contributed by atoms with Crippen molar-refractivity contribution in [2.24, 2.45) is 0 Å². The molecule has 0 saturated carbocycles. The van der Waals surface area contributed by atoms with Crippen LogP contribution in [0.5, 0.6) is 0 Å². The van der Waals surface area contributed by atoms with Gasteiger partial charge in [-0.05, 0) is 24.6 Å². The molecule has 1 aromatic heterocycles. The summed E-state index contributed by atoms with van der Waals surface area (Å²) in [5.41, 5.74) is 2.05. The Hall–Kier alpha value is -2.76. The van der Waals surface area contributed by atoms with E-state index in [1.54, 1.807) is 6.26 Å². The van der Waals surface area contributed by atoms with E-state index in [0.29, 0.717) is 13.0 Å². The number of hydrazine groups is 1. The summed E-state index contributed by atoms with van der Waals surface area (Å²) >= 11 is 0. The third-order valence-electron chi connectivity index (χ3n) is 5.19. The first-order chi connectivity index (χ1) is 18.4. The molecule has 2 aromatic rings. The average molecular weight is 718 g/mol. The number of fused-ring (bicyclic) bond motifs is 1. The van der Waals surface area contributed by atoms with Crippen LogP contribution in [0.2, 0.25) is 19.6 Å². The molecule has 0 N–H and O–H groups in total. The molecule has 1 saturated heterocycles. The molecule has 1 amide bonds. The maximum atomic E-state index is 13.2. The summed E-state index contributed by atoms with van der Waals surface area (Å²) in [6.07, 6.45) is 2.14. The Bertz CT molecular complexity index is 1070. The van der Waals surface area contributed by atoms with Gasteiger partial charge in [0.25, 0.3) is 0 Å². The van der Waals surface area contributed by atoms with Crippen LogP contribution in [0.1, 0.15) is 36.8 Å². The van der Waals surface area contributed by atoms with Gasteiger partial charge >= 0.3 is 56.5 Å². The summed E-state index contributed by atoms with van der Waals surface area (Å²) in [5.74, 6) is 0.923. The predicted molar refractivity (Wildman–Crippen MR) is 129 cm³/mol. The van der Waals surface area contributed by atoms with E-state index in [0.717, 1.165) is 22.2 Å². The Morgan fingerprint density at radius 2 is 1.49 bits per heavy atom. The molecule has 0 unspecified atom stereocenters. The fourth-order valence-corrected chi connectivity index (χ4v) is 6.04. The zero-order valence-corrected chi connectivity index (χ0v) is 25.7. The van der Waals surface area contributed by atoms with Crippen molar-refractivity contribution in [3.05, 3.63) is 111 Å². The minimum atomic E-state index is -1.89. The van der Waals surface area contributed by atoms with Gasteiger partial charge in [0.1, 0.15) is 19.9 Å². The van der Waals surface area contributed by atoms with Gasteiger partial charge in [-0.3, -0.25) is 4.79 Å². The van der Waals surface area contributed by atoms with Crippen LogP contribution >= 0.6 is 0 Å². The normalized spacial score (nSPS) is 16.8.